The standard InChI is InChI=1S/C14H27NO4/c1-2-3-4-5-6-7-8-9-11(16)10-12(17)13(15)14(18)19/h12-13,17H,2-10,15H2,1H3,(H,18,19)/t12-,13+/m1/s1. The Labute approximate surface area is 115 Å². The Bertz CT molecular complexity index is 268. The molecule has 0 saturated heterocycles. The molecule has 0 unspecified atom stereocenters. The van der Waals surface area contributed by atoms with E-state index in [2.05, 4.69) is 6.92 Å². The first kappa shape index (κ1) is 18.1. The zero-order chi connectivity index (χ0) is 14.7. The van der Waals surface area contributed by atoms with Crippen molar-refractivity contribution in [2.45, 2.75) is 76.9 Å². The van der Waals surface area contributed by atoms with Crippen LogP contribution in [0.2, 0.25) is 0 Å². The van der Waals surface area contributed by atoms with Crippen molar-refractivity contribution in [1.82, 2.24) is 0 Å². The Morgan fingerprint density at radius 2 is 1.58 bits per heavy atom. The average molecular weight is 273 g/mol. The highest BCUT2D eigenvalue weighted by Gasteiger charge is 2.23. The van der Waals surface area contributed by atoms with Gasteiger partial charge < -0.3 is 15.9 Å². The van der Waals surface area contributed by atoms with Crippen molar-refractivity contribution in [1.29, 1.82) is 0 Å². The summed E-state index contributed by atoms with van der Waals surface area (Å²) in [7, 11) is 0. The summed E-state index contributed by atoms with van der Waals surface area (Å²) < 4.78 is 0. The van der Waals surface area contributed by atoms with Gasteiger partial charge >= 0.3 is 5.97 Å². The molecule has 0 amide bonds. The van der Waals surface area contributed by atoms with Crippen LogP contribution in [0.1, 0.15) is 64.7 Å². The number of nitrogens with two attached hydrogens (primary N) is 1. The van der Waals surface area contributed by atoms with Gasteiger partial charge in [0.25, 0.3) is 0 Å². The summed E-state index contributed by atoms with van der Waals surface area (Å²) >= 11 is 0. The van der Waals surface area contributed by atoms with Gasteiger partial charge in [-0.1, -0.05) is 45.4 Å². The van der Waals surface area contributed by atoms with E-state index in [1.807, 2.05) is 0 Å². The fourth-order valence-electron chi connectivity index (χ4n) is 1.91. The number of aliphatic hydroxyl groups is 1. The summed E-state index contributed by atoms with van der Waals surface area (Å²) in [6.07, 6.45) is 6.83. The number of Topliss-reactive ketones (excluding diaryl/α,β-unsaturated/α-hetero) is 1. The van der Waals surface area contributed by atoms with Crippen molar-refractivity contribution in [3.63, 3.8) is 0 Å². The molecule has 0 aromatic heterocycles. The number of unbranched alkanes of at least 4 members (excludes halogenated alkanes) is 6. The summed E-state index contributed by atoms with van der Waals surface area (Å²) in [5.41, 5.74) is 5.23. The van der Waals surface area contributed by atoms with Crippen LogP contribution in [-0.4, -0.2) is 34.1 Å². The minimum absolute atomic E-state index is 0.113. The van der Waals surface area contributed by atoms with E-state index in [9.17, 15) is 14.7 Å². The zero-order valence-electron chi connectivity index (χ0n) is 11.8. The molecule has 0 heterocycles. The molecule has 5 heteroatoms. The minimum atomic E-state index is -1.38. The highest BCUT2D eigenvalue weighted by molar-refractivity contribution is 5.81. The maximum atomic E-state index is 11.5. The number of ketones is 1. The third-order valence-corrected chi connectivity index (χ3v) is 3.20. The molecule has 0 aromatic rings. The van der Waals surface area contributed by atoms with E-state index in [4.69, 9.17) is 10.8 Å². The van der Waals surface area contributed by atoms with Crippen LogP contribution in [0.15, 0.2) is 0 Å². The molecule has 0 aliphatic rings. The monoisotopic (exact) mass is 273 g/mol. The van der Waals surface area contributed by atoms with E-state index in [0.717, 1.165) is 19.3 Å². The number of aliphatic carboxylic acids is 1. The van der Waals surface area contributed by atoms with Crippen LogP contribution in [0, 0.1) is 0 Å². The number of carboxylic acids is 1. The number of carbonyl (C=O) groups is 2. The van der Waals surface area contributed by atoms with Crippen LogP contribution in [-0.2, 0) is 9.59 Å². The van der Waals surface area contributed by atoms with Crippen LogP contribution in [0.4, 0.5) is 0 Å². The molecule has 0 radical (unpaired) electrons. The average Bonchev–Trinajstić information content (AvgIpc) is 2.36. The van der Waals surface area contributed by atoms with Crippen LogP contribution >= 0.6 is 0 Å². The third-order valence-electron chi connectivity index (χ3n) is 3.20. The molecular weight excluding hydrogens is 246 g/mol. The van der Waals surface area contributed by atoms with Crippen molar-refractivity contribution in [3.05, 3.63) is 0 Å². The Balaban J connectivity index is 3.56. The number of rotatable bonds is 12. The first-order valence-corrected chi connectivity index (χ1v) is 7.17. The predicted molar refractivity (Wildman–Crippen MR) is 73.9 cm³/mol. The van der Waals surface area contributed by atoms with Crippen LogP contribution in [0.5, 0.6) is 0 Å². The van der Waals surface area contributed by atoms with E-state index < -0.39 is 18.1 Å². The molecule has 5 nitrogen and oxygen atoms in total. The molecule has 2 atom stereocenters. The highest BCUT2D eigenvalue weighted by atomic mass is 16.4. The van der Waals surface area contributed by atoms with Gasteiger partial charge in [0.2, 0.25) is 0 Å². The van der Waals surface area contributed by atoms with Gasteiger partial charge in [-0.2, -0.15) is 0 Å². The van der Waals surface area contributed by atoms with Crippen molar-refractivity contribution < 1.29 is 19.8 Å². The Morgan fingerprint density at radius 1 is 1.05 bits per heavy atom. The van der Waals surface area contributed by atoms with Crippen molar-refractivity contribution in [2.24, 2.45) is 5.73 Å². The van der Waals surface area contributed by atoms with Gasteiger partial charge in [-0.05, 0) is 6.42 Å². The molecular formula is C14H27NO4. The van der Waals surface area contributed by atoms with Crippen molar-refractivity contribution in [2.75, 3.05) is 0 Å². The number of carboxylic acid groups (broad SMARTS) is 1. The van der Waals surface area contributed by atoms with E-state index in [-0.39, 0.29) is 12.2 Å². The second kappa shape index (κ2) is 10.9. The van der Waals surface area contributed by atoms with Crippen LogP contribution < -0.4 is 5.73 Å². The zero-order valence-corrected chi connectivity index (χ0v) is 11.8. The molecule has 0 aliphatic carbocycles. The number of hydrogen-bond donors (Lipinski definition) is 3. The maximum Gasteiger partial charge on any atom is 0.323 e. The van der Waals surface area contributed by atoms with E-state index >= 15 is 0 Å². The minimum Gasteiger partial charge on any atom is -0.480 e. The quantitative estimate of drug-likeness (QED) is 0.471. The Hall–Kier alpha value is -0.940. The summed E-state index contributed by atoms with van der Waals surface area (Å²) in [6, 6.07) is -1.38. The molecule has 112 valence electrons. The molecule has 0 aliphatic heterocycles. The SMILES string of the molecule is CCCCCCCCCC(=O)C[C@@H](O)[C@H](N)C(=O)O. The third kappa shape index (κ3) is 9.62. The fraction of sp³-hybridized carbons (Fsp3) is 0.857. The summed E-state index contributed by atoms with van der Waals surface area (Å²) in [5.74, 6) is -1.39. The molecule has 19 heavy (non-hydrogen) atoms. The second-order valence-corrected chi connectivity index (χ2v) is 5.05. The van der Waals surface area contributed by atoms with Crippen LogP contribution in [0.25, 0.3) is 0 Å². The predicted octanol–water partition coefficient (Wildman–Crippen LogP) is 1.86. The summed E-state index contributed by atoms with van der Waals surface area (Å²) in [5, 5.41) is 18.0. The Morgan fingerprint density at radius 3 is 2.11 bits per heavy atom. The van der Waals surface area contributed by atoms with E-state index in [1.165, 1.54) is 25.7 Å². The normalized spacial score (nSPS) is 14.1. The van der Waals surface area contributed by atoms with Gasteiger partial charge in [-0.15, -0.1) is 0 Å². The number of carbonyl (C=O) groups excluding carboxylic acids is 1. The summed E-state index contributed by atoms with van der Waals surface area (Å²) in [4.78, 5) is 22.0. The van der Waals surface area contributed by atoms with E-state index in [1.54, 1.807) is 0 Å². The molecule has 0 aromatic carbocycles. The van der Waals surface area contributed by atoms with Gasteiger partial charge in [0.05, 0.1) is 6.10 Å². The van der Waals surface area contributed by atoms with Gasteiger partial charge in [-0.3, -0.25) is 9.59 Å². The molecule has 0 bridgehead atoms. The lowest BCUT2D eigenvalue weighted by Crippen LogP contribution is -2.42. The lowest BCUT2D eigenvalue weighted by atomic mass is 10.0. The molecule has 0 spiro atoms. The largest absolute Gasteiger partial charge is 0.480 e. The number of aliphatic hydroxyl groups excluding tert-OH is 1. The second-order valence-electron chi connectivity index (χ2n) is 5.05. The van der Waals surface area contributed by atoms with Gasteiger partial charge in [0.1, 0.15) is 11.8 Å². The van der Waals surface area contributed by atoms with Crippen molar-refractivity contribution in [3.8, 4) is 0 Å². The molecule has 4 N–H and O–H groups in total. The van der Waals surface area contributed by atoms with Gasteiger partial charge in [0, 0.05) is 12.8 Å². The van der Waals surface area contributed by atoms with Crippen molar-refractivity contribution >= 4 is 11.8 Å². The maximum absolute atomic E-state index is 11.5. The lowest BCUT2D eigenvalue weighted by molar-refractivity contribution is -0.141. The van der Waals surface area contributed by atoms with Gasteiger partial charge in [0.15, 0.2) is 0 Å². The lowest BCUT2D eigenvalue weighted by Gasteiger charge is -2.13. The fourth-order valence-corrected chi connectivity index (χ4v) is 1.91. The first-order valence-electron chi connectivity index (χ1n) is 7.17. The van der Waals surface area contributed by atoms with Gasteiger partial charge in [-0.25, -0.2) is 0 Å². The molecule has 0 saturated carbocycles. The number of hydrogen-bond acceptors (Lipinski definition) is 4. The smallest absolute Gasteiger partial charge is 0.323 e. The Kier molecular flexibility index (Phi) is 10.4. The van der Waals surface area contributed by atoms with E-state index in [0.29, 0.717) is 6.42 Å². The molecule has 0 rings (SSSR count). The first-order chi connectivity index (χ1) is 8.99. The van der Waals surface area contributed by atoms with Crippen LogP contribution in [0.3, 0.4) is 0 Å². The molecule has 0 fully saturated rings. The highest BCUT2D eigenvalue weighted by Crippen LogP contribution is 2.10. The summed E-state index contributed by atoms with van der Waals surface area (Å²) in [6.45, 7) is 2.17. The topological polar surface area (TPSA) is 101 Å².